The highest BCUT2D eigenvalue weighted by atomic mass is 79.9. The summed E-state index contributed by atoms with van der Waals surface area (Å²) in [5, 5.41) is 1.74. The predicted octanol–water partition coefficient (Wildman–Crippen LogP) is 5.07. The van der Waals surface area contributed by atoms with Gasteiger partial charge in [-0.3, -0.25) is 0 Å². The van der Waals surface area contributed by atoms with E-state index >= 15 is 0 Å². The van der Waals surface area contributed by atoms with Crippen LogP contribution in [0.3, 0.4) is 0 Å². The molecule has 0 unspecified atom stereocenters. The van der Waals surface area contributed by atoms with Crippen molar-refractivity contribution in [2.24, 2.45) is 0 Å². The standard InChI is InChI=1S/C24H44P.BrH/c1-4-7-10-16-21-25(22-17-11-8-5-2,23-18-12-9-6-3)24-19-14-13-15-20-24;/h13-15,19-20H,4-12,16-18,21-23H2,1-3H3;1H/q+1;/p-1. The molecule has 0 amide bonds. The van der Waals surface area contributed by atoms with Crippen molar-refractivity contribution in [1.29, 1.82) is 0 Å². The van der Waals surface area contributed by atoms with Gasteiger partial charge in [-0.05, 0) is 50.7 Å². The Kier molecular flexibility index (Phi) is 17.3. The predicted molar refractivity (Wildman–Crippen MR) is 120 cm³/mol. The number of benzene rings is 1. The fourth-order valence-electron chi connectivity index (χ4n) is 3.99. The third kappa shape index (κ3) is 10.5. The van der Waals surface area contributed by atoms with E-state index in [9.17, 15) is 0 Å². The zero-order valence-electron chi connectivity index (χ0n) is 17.8. The number of hydrogen-bond donors (Lipinski definition) is 0. The van der Waals surface area contributed by atoms with Gasteiger partial charge in [0.25, 0.3) is 0 Å². The normalized spacial score (nSPS) is 11.3. The molecule has 1 rings (SSSR count). The van der Waals surface area contributed by atoms with Crippen LogP contribution in [0.4, 0.5) is 0 Å². The molecule has 0 nitrogen and oxygen atoms in total. The van der Waals surface area contributed by atoms with Crippen molar-refractivity contribution < 1.29 is 17.0 Å². The third-order valence-electron chi connectivity index (χ3n) is 5.62. The van der Waals surface area contributed by atoms with E-state index in [0.717, 1.165) is 0 Å². The van der Waals surface area contributed by atoms with Crippen LogP contribution >= 0.6 is 7.26 Å². The largest absolute Gasteiger partial charge is 1.00 e. The second-order valence-corrected chi connectivity index (χ2v) is 12.0. The summed E-state index contributed by atoms with van der Waals surface area (Å²) in [6.07, 6.45) is 21.5. The highest BCUT2D eigenvalue weighted by Gasteiger charge is 2.38. The Balaban J connectivity index is 0.00000625. The van der Waals surface area contributed by atoms with E-state index in [1.165, 1.54) is 95.5 Å². The maximum Gasteiger partial charge on any atom is 0.0939 e. The average Bonchev–Trinajstić information content (AvgIpc) is 2.66. The van der Waals surface area contributed by atoms with Gasteiger partial charge in [0.05, 0.1) is 23.8 Å². The lowest BCUT2D eigenvalue weighted by Gasteiger charge is -2.28. The number of halogens is 1. The Labute approximate surface area is 176 Å². The van der Waals surface area contributed by atoms with Crippen molar-refractivity contribution in [3.05, 3.63) is 30.3 Å². The van der Waals surface area contributed by atoms with Gasteiger partial charge in [0.15, 0.2) is 0 Å². The maximum absolute atomic E-state index is 2.47. The minimum atomic E-state index is -0.969. The van der Waals surface area contributed by atoms with Crippen molar-refractivity contribution >= 4 is 12.6 Å². The van der Waals surface area contributed by atoms with Crippen molar-refractivity contribution in [3.8, 4) is 0 Å². The summed E-state index contributed by atoms with van der Waals surface area (Å²) in [5.41, 5.74) is 0. The van der Waals surface area contributed by atoms with E-state index < -0.39 is 7.26 Å². The molecule has 1 aromatic rings. The summed E-state index contributed by atoms with van der Waals surface area (Å²) in [7, 11) is -0.969. The van der Waals surface area contributed by atoms with Crippen LogP contribution in [0.1, 0.15) is 97.8 Å². The highest BCUT2D eigenvalue weighted by Crippen LogP contribution is 2.59. The van der Waals surface area contributed by atoms with Crippen LogP contribution in [0.15, 0.2) is 30.3 Å². The summed E-state index contributed by atoms with van der Waals surface area (Å²) in [4.78, 5) is 0. The molecule has 0 saturated carbocycles. The molecule has 0 aliphatic rings. The second kappa shape index (κ2) is 17.2. The maximum atomic E-state index is 2.47. The first-order valence-corrected chi connectivity index (χ1v) is 13.5. The van der Waals surface area contributed by atoms with E-state index in [1.54, 1.807) is 5.30 Å². The minimum absolute atomic E-state index is 0. The molecule has 0 aromatic heterocycles. The lowest BCUT2D eigenvalue weighted by atomic mass is 10.2. The van der Waals surface area contributed by atoms with Gasteiger partial charge < -0.3 is 17.0 Å². The quantitative estimate of drug-likeness (QED) is 0.247. The summed E-state index contributed by atoms with van der Waals surface area (Å²) in [5.74, 6) is 0. The molecule has 0 spiro atoms. The van der Waals surface area contributed by atoms with E-state index in [-0.39, 0.29) is 17.0 Å². The van der Waals surface area contributed by atoms with Crippen LogP contribution in [0.2, 0.25) is 0 Å². The fraction of sp³-hybridized carbons (Fsp3) is 0.750. The van der Waals surface area contributed by atoms with Gasteiger partial charge in [-0.2, -0.15) is 0 Å². The molecule has 0 radical (unpaired) electrons. The first-order chi connectivity index (χ1) is 12.3. The van der Waals surface area contributed by atoms with Crippen LogP contribution in [-0.2, 0) is 0 Å². The first kappa shape index (κ1) is 26.1. The van der Waals surface area contributed by atoms with Crippen LogP contribution in [0.25, 0.3) is 0 Å². The smallest absolute Gasteiger partial charge is 0.0939 e. The molecular formula is C24H44BrP. The lowest BCUT2D eigenvalue weighted by molar-refractivity contribution is -0.00000552. The number of rotatable bonds is 16. The van der Waals surface area contributed by atoms with Crippen LogP contribution < -0.4 is 22.3 Å². The molecule has 26 heavy (non-hydrogen) atoms. The molecule has 1 aromatic carbocycles. The molecule has 0 N–H and O–H groups in total. The summed E-state index contributed by atoms with van der Waals surface area (Å²) >= 11 is 0. The zero-order chi connectivity index (χ0) is 18.2. The number of hydrogen-bond acceptors (Lipinski definition) is 0. The SMILES string of the molecule is CCCCCC[P+](CCCCCC)(CCCCCC)c1ccccc1.[Br-]. The zero-order valence-corrected chi connectivity index (χ0v) is 20.3. The molecule has 2 heteroatoms. The summed E-state index contributed by atoms with van der Waals surface area (Å²) < 4.78 is 0. The average molecular weight is 443 g/mol. The van der Waals surface area contributed by atoms with E-state index in [0.29, 0.717) is 0 Å². The van der Waals surface area contributed by atoms with Gasteiger partial charge in [-0.25, -0.2) is 0 Å². The Morgan fingerprint density at radius 1 is 0.538 bits per heavy atom. The van der Waals surface area contributed by atoms with E-state index in [4.69, 9.17) is 0 Å². The minimum Gasteiger partial charge on any atom is -1.00 e. The molecule has 0 saturated heterocycles. The molecule has 152 valence electrons. The Bertz CT molecular complexity index is 373. The fourth-order valence-corrected chi connectivity index (χ4v) is 8.73. The third-order valence-corrected chi connectivity index (χ3v) is 10.5. The van der Waals surface area contributed by atoms with E-state index in [2.05, 4.69) is 51.1 Å². The molecule has 0 aliphatic heterocycles. The lowest BCUT2D eigenvalue weighted by Crippen LogP contribution is -3.00. The summed E-state index contributed by atoms with van der Waals surface area (Å²) in [6.45, 7) is 6.99. The Morgan fingerprint density at radius 3 is 1.27 bits per heavy atom. The molecule has 0 aliphatic carbocycles. The van der Waals surface area contributed by atoms with Gasteiger partial charge >= 0.3 is 0 Å². The van der Waals surface area contributed by atoms with Crippen molar-refractivity contribution in [1.82, 2.24) is 0 Å². The van der Waals surface area contributed by atoms with Crippen molar-refractivity contribution in [3.63, 3.8) is 0 Å². The molecule has 0 atom stereocenters. The van der Waals surface area contributed by atoms with E-state index in [1.807, 2.05) is 0 Å². The summed E-state index contributed by atoms with van der Waals surface area (Å²) in [6, 6.07) is 11.7. The van der Waals surface area contributed by atoms with Crippen molar-refractivity contribution in [2.45, 2.75) is 97.8 Å². The monoisotopic (exact) mass is 442 g/mol. The van der Waals surface area contributed by atoms with Gasteiger partial charge in [0.1, 0.15) is 0 Å². The van der Waals surface area contributed by atoms with Gasteiger partial charge in [-0.15, -0.1) is 0 Å². The highest BCUT2D eigenvalue weighted by molar-refractivity contribution is 7.82. The number of unbranched alkanes of at least 4 members (excludes halogenated alkanes) is 9. The van der Waals surface area contributed by atoms with Crippen LogP contribution in [-0.4, -0.2) is 18.5 Å². The van der Waals surface area contributed by atoms with Gasteiger partial charge in [0.2, 0.25) is 0 Å². The van der Waals surface area contributed by atoms with Gasteiger partial charge in [-0.1, -0.05) is 77.5 Å². The topological polar surface area (TPSA) is 0 Å². The Hall–Kier alpha value is 0.130. The second-order valence-electron chi connectivity index (χ2n) is 7.83. The van der Waals surface area contributed by atoms with Gasteiger partial charge in [0, 0.05) is 7.26 Å². The molecule has 0 heterocycles. The van der Waals surface area contributed by atoms with Crippen LogP contribution in [0.5, 0.6) is 0 Å². The van der Waals surface area contributed by atoms with Crippen LogP contribution in [0, 0.1) is 0 Å². The first-order valence-electron chi connectivity index (χ1n) is 11.2. The Morgan fingerprint density at radius 2 is 0.923 bits per heavy atom. The van der Waals surface area contributed by atoms with Crippen molar-refractivity contribution in [2.75, 3.05) is 18.5 Å². The molecular weight excluding hydrogens is 399 g/mol. The molecule has 0 fully saturated rings. The molecule has 0 bridgehead atoms.